The summed E-state index contributed by atoms with van der Waals surface area (Å²) in [6, 6.07) is 3.09. The van der Waals surface area contributed by atoms with E-state index in [1.54, 1.807) is 6.07 Å². The Morgan fingerprint density at radius 1 is 1.37 bits per heavy atom. The van der Waals surface area contributed by atoms with E-state index in [4.69, 9.17) is 10.5 Å². The third-order valence-corrected chi connectivity index (χ3v) is 5.03. The molecule has 0 spiro atoms. The molecule has 0 unspecified atom stereocenters. The van der Waals surface area contributed by atoms with Gasteiger partial charge in [0.1, 0.15) is 11.6 Å². The van der Waals surface area contributed by atoms with Crippen molar-refractivity contribution in [1.82, 2.24) is 0 Å². The lowest BCUT2D eigenvalue weighted by Gasteiger charge is -2.42. The van der Waals surface area contributed by atoms with Crippen molar-refractivity contribution in [2.75, 3.05) is 13.2 Å². The first-order valence-electron chi connectivity index (χ1n) is 6.97. The molecule has 0 bridgehead atoms. The molecule has 2 nitrogen and oxygen atoms in total. The van der Waals surface area contributed by atoms with Crippen LogP contribution in [0, 0.1) is 11.7 Å². The summed E-state index contributed by atoms with van der Waals surface area (Å²) in [5, 5.41) is 0. The molecule has 0 aliphatic heterocycles. The molecule has 2 aliphatic carbocycles. The van der Waals surface area contributed by atoms with Gasteiger partial charge in [-0.3, -0.25) is 0 Å². The maximum absolute atomic E-state index is 13.7. The smallest absolute Gasteiger partial charge is 0.137 e. The summed E-state index contributed by atoms with van der Waals surface area (Å²) in [6.07, 6.45) is 5.71. The number of hydrogen-bond acceptors (Lipinski definition) is 2. The largest absolute Gasteiger partial charge is 0.492 e. The lowest BCUT2D eigenvalue weighted by Crippen LogP contribution is -2.42. The van der Waals surface area contributed by atoms with Crippen molar-refractivity contribution in [3.8, 4) is 5.75 Å². The first-order chi connectivity index (χ1) is 9.14. The summed E-state index contributed by atoms with van der Waals surface area (Å²) < 4.78 is 20.4. The molecule has 1 aromatic rings. The zero-order valence-electron chi connectivity index (χ0n) is 10.9. The first-order valence-corrected chi connectivity index (χ1v) is 7.76. The van der Waals surface area contributed by atoms with E-state index in [9.17, 15) is 4.39 Å². The number of rotatable bonds is 5. The molecule has 0 radical (unpaired) electrons. The minimum Gasteiger partial charge on any atom is -0.492 e. The average Bonchev–Trinajstić information content (AvgIpc) is 3.11. The second-order valence-electron chi connectivity index (χ2n) is 5.86. The van der Waals surface area contributed by atoms with Gasteiger partial charge < -0.3 is 10.5 Å². The van der Waals surface area contributed by atoms with Gasteiger partial charge in [-0.1, -0.05) is 6.42 Å². The Balaban J connectivity index is 1.94. The van der Waals surface area contributed by atoms with Crippen LogP contribution in [-0.4, -0.2) is 13.2 Å². The van der Waals surface area contributed by atoms with Crippen LogP contribution in [-0.2, 0) is 5.41 Å². The minimum absolute atomic E-state index is 0.0799. The topological polar surface area (TPSA) is 35.2 Å². The zero-order valence-corrected chi connectivity index (χ0v) is 12.5. The van der Waals surface area contributed by atoms with Gasteiger partial charge in [0.15, 0.2) is 0 Å². The van der Waals surface area contributed by atoms with E-state index in [2.05, 4.69) is 15.9 Å². The highest BCUT2D eigenvalue weighted by Gasteiger charge is 2.40. The second-order valence-corrected chi connectivity index (χ2v) is 6.71. The van der Waals surface area contributed by atoms with E-state index >= 15 is 0 Å². The molecule has 0 amide bonds. The Morgan fingerprint density at radius 2 is 2.11 bits per heavy atom. The highest BCUT2D eigenvalue weighted by atomic mass is 79.9. The maximum atomic E-state index is 13.7. The van der Waals surface area contributed by atoms with E-state index in [0.717, 1.165) is 37.2 Å². The van der Waals surface area contributed by atoms with Gasteiger partial charge in [-0.05, 0) is 59.7 Å². The Hall–Kier alpha value is -0.610. The number of benzene rings is 1. The molecule has 2 N–H and O–H groups in total. The predicted octanol–water partition coefficient (Wildman–Crippen LogP) is 3.76. The lowest BCUT2D eigenvalue weighted by atomic mass is 9.64. The zero-order chi connectivity index (χ0) is 13.5. The van der Waals surface area contributed by atoms with Crippen molar-refractivity contribution in [3.63, 3.8) is 0 Å². The van der Waals surface area contributed by atoms with Crippen LogP contribution in [0.1, 0.15) is 37.7 Å². The van der Waals surface area contributed by atoms with Crippen LogP contribution in [0.5, 0.6) is 5.75 Å². The summed E-state index contributed by atoms with van der Waals surface area (Å²) in [5.74, 6) is 1.26. The van der Waals surface area contributed by atoms with Gasteiger partial charge in [-0.2, -0.15) is 0 Å². The van der Waals surface area contributed by atoms with Gasteiger partial charge in [0.2, 0.25) is 0 Å². The highest BCUT2D eigenvalue weighted by Crippen LogP contribution is 2.49. The van der Waals surface area contributed by atoms with E-state index < -0.39 is 0 Å². The number of ether oxygens (including phenoxy) is 1. The fourth-order valence-corrected chi connectivity index (χ4v) is 3.32. The summed E-state index contributed by atoms with van der Waals surface area (Å²) >= 11 is 3.44. The standard InChI is InChI=1S/C15H19BrFNO/c16-13-7-11(17)6-12(15(9-18)4-1-5-15)14(13)19-8-10-2-3-10/h6-7,10H,1-5,8-9,18H2. The molecule has 0 aromatic heterocycles. The molecular formula is C15H19BrFNO. The van der Waals surface area contributed by atoms with Crippen LogP contribution in [0.25, 0.3) is 0 Å². The quantitative estimate of drug-likeness (QED) is 0.893. The average molecular weight is 328 g/mol. The molecule has 2 aliphatic rings. The second kappa shape index (κ2) is 5.06. The van der Waals surface area contributed by atoms with Crippen LogP contribution < -0.4 is 10.5 Å². The van der Waals surface area contributed by atoms with Crippen molar-refractivity contribution in [3.05, 3.63) is 28.0 Å². The lowest BCUT2D eigenvalue weighted by molar-refractivity contribution is 0.230. The summed E-state index contributed by atoms with van der Waals surface area (Å²) in [6.45, 7) is 1.29. The van der Waals surface area contributed by atoms with Crippen molar-refractivity contribution < 1.29 is 9.13 Å². The van der Waals surface area contributed by atoms with Crippen LogP contribution in [0.2, 0.25) is 0 Å². The molecule has 4 heteroatoms. The van der Waals surface area contributed by atoms with Gasteiger partial charge in [0.25, 0.3) is 0 Å². The van der Waals surface area contributed by atoms with Crippen LogP contribution in [0.3, 0.4) is 0 Å². The fraction of sp³-hybridized carbons (Fsp3) is 0.600. The van der Waals surface area contributed by atoms with Gasteiger partial charge in [-0.25, -0.2) is 4.39 Å². The van der Waals surface area contributed by atoms with Crippen molar-refractivity contribution in [1.29, 1.82) is 0 Å². The minimum atomic E-state index is -0.222. The molecule has 0 atom stereocenters. The Morgan fingerprint density at radius 3 is 2.63 bits per heavy atom. The van der Waals surface area contributed by atoms with E-state index in [-0.39, 0.29) is 11.2 Å². The van der Waals surface area contributed by atoms with Crippen molar-refractivity contribution >= 4 is 15.9 Å². The summed E-state index contributed by atoms with van der Waals surface area (Å²) in [5.41, 5.74) is 6.82. The van der Waals surface area contributed by atoms with Crippen LogP contribution in [0.15, 0.2) is 16.6 Å². The Labute approximate surface area is 121 Å². The van der Waals surface area contributed by atoms with Gasteiger partial charge >= 0.3 is 0 Å². The fourth-order valence-electron chi connectivity index (χ4n) is 2.77. The van der Waals surface area contributed by atoms with Crippen LogP contribution in [0.4, 0.5) is 4.39 Å². The van der Waals surface area contributed by atoms with E-state index in [1.165, 1.54) is 18.9 Å². The molecule has 19 heavy (non-hydrogen) atoms. The monoisotopic (exact) mass is 327 g/mol. The predicted molar refractivity (Wildman–Crippen MR) is 76.9 cm³/mol. The molecule has 0 saturated heterocycles. The molecule has 1 aromatic carbocycles. The van der Waals surface area contributed by atoms with Crippen molar-refractivity contribution in [2.24, 2.45) is 11.7 Å². The van der Waals surface area contributed by atoms with Gasteiger partial charge in [0.05, 0.1) is 11.1 Å². The summed E-state index contributed by atoms with van der Waals surface area (Å²) in [4.78, 5) is 0. The third kappa shape index (κ3) is 2.52. The number of nitrogens with two attached hydrogens (primary N) is 1. The molecule has 3 rings (SSSR count). The van der Waals surface area contributed by atoms with Crippen LogP contribution >= 0.6 is 15.9 Å². The first kappa shape index (κ1) is 13.4. The SMILES string of the molecule is NCC1(c2cc(F)cc(Br)c2OCC2CC2)CCC1. The third-order valence-electron chi connectivity index (χ3n) is 4.44. The molecule has 2 saturated carbocycles. The van der Waals surface area contributed by atoms with Gasteiger partial charge in [0, 0.05) is 17.5 Å². The normalized spacial score (nSPS) is 21.0. The summed E-state index contributed by atoms with van der Waals surface area (Å²) in [7, 11) is 0. The molecule has 2 fully saturated rings. The highest BCUT2D eigenvalue weighted by molar-refractivity contribution is 9.10. The number of hydrogen-bond donors (Lipinski definition) is 1. The maximum Gasteiger partial charge on any atom is 0.137 e. The van der Waals surface area contributed by atoms with E-state index in [1.807, 2.05) is 0 Å². The van der Waals surface area contributed by atoms with Gasteiger partial charge in [-0.15, -0.1) is 0 Å². The Bertz CT molecular complexity index is 478. The van der Waals surface area contributed by atoms with Crippen molar-refractivity contribution in [2.45, 2.75) is 37.5 Å². The number of halogens is 2. The molecule has 104 valence electrons. The molecule has 0 heterocycles. The molecular weight excluding hydrogens is 309 g/mol. The van der Waals surface area contributed by atoms with E-state index in [0.29, 0.717) is 16.9 Å². The Kier molecular flexibility index (Phi) is 3.56.